The first kappa shape index (κ1) is 13.8. The summed E-state index contributed by atoms with van der Waals surface area (Å²) >= 11 is 0. The molecule has 0 radical (unpaired) electrons. The number of hydrogen-bond donors (Lipinski definition) is 2. The van der Waals surface area contributed by atoms with Crippen molar-refractivity contribution in [2.45, 2.75) is 12.5 Å². The van der Waals surface area contributed by atoms with Gasteiger partial charge >= 0.3 is 0 Å². The first-order chi connectivity index (χ1) is 9.68. The van der Waals surface area contributed by atoms with Gasteiger partial charge in [0.2, 0.25) is 11.8 Å². The summed E-state index contributed by atoms with van der Waals surface area (Å²) < 4.78 is 0. The Morgan fingerprint density at radius 2 is 1.50 bits per heavy atom. The largest absolute Gasteiger partial charge is 0.369 e. The van der Waals surface area contributed by atoms with Crippen LogP contribution in [0.1, 0.15) is 17.0 Å². The molecule has 0 heterocycles. The highest BCUT2D eigenvalue weighted by molar-refractivity contribution is 6.04. The molecule has 2 rings (SSSR count). The predicted molar refractivity (Wildman–Crippen MR) is 76.7 cm³/mol. The molecule has 4 heteroatoms. The SMILES string of the molecule is NC(=O)C(C(=O)NCc1ccccc1)c1ccccc1. The predicted octanol–water partition coefficient (Wildman–Crippen LogP) is 1.57. The van der Waals surface area contributed by atoms with Crippen molar-refractivity contribution in [2.24, 2.45) is 5.73 Å². The van der Waals surface area contributed by atoms with Gasteiger partial charge in [-0.25, -0.2) is 0 Å². The van der Waals surface area contributed by atoms with Crippen molar-refractivity contribution in [3.05, 3.63) is 71.8 Å². The molecule has 0 fully saturated rings. The molecular formula is C16H16N2O2. The van der Waals surface area contributed by atoms with Crippen LogP contribution in [0.15, 0.2) is 60.7 Å². The molecule has 0 aliphatic heterocycles. The maximum atomic E-state index is 12.1. The molecule has 0 spiro atoms. The zero-order valence-electron chi connectivity index (χ0n) is 11.0. The molecule has 1 unspecified atom stereocenters. The van der Waals surface area contributed by atoms with Crippen molar-refractivity contribution < 1.29 is 9.59 Å². The second kappa shape index (κ2) is 6.52. The quantitative estimate of drug-likeness (QED) is 0.808. The van der Waals surface area contributed by atoms with Crippen LogP contribution >= 0.6 is 0 Å². The van der Waals surface area contributed by atoms with Gasteiger partial charge in [0.15, 0.2) is 0 Å². The van der Waals surface area contributed by atoms with Gasteiger partial charge in [-0.05, 0) is 11.1 Å². The zero-order chi connectivity index (χ0) is 14.4. The average molecular weight is 268 g/mol. The third-order valence-electron chi connectivity index (χ3n) is 2.99. The van der Waals surface area contributed by atoms with Crippen LogP contribution < -0.4 is 11.1 Å². The van der Waals surface area contributed by atoms with Gasteiger partial charge in [0, 0.05) is 6.54 Å². The number of carbonyl (C=O) groups is 2. The smallest absolute Gasteiger partial charge is 0.237 e. The van der Waals surface area contributed by atoms with E-state index in [0.717, 1.165) is 5.56 Å². The molecular weight excluding hydrogens is 252 g/mol. The molecule has 0 aliphatic rings. The lowest BCUT2D eigenvalue weighted by molar-refractivity contribution is -0.130. The van der Waals surface area contributed by atoms with E-state index in [1.165, 1.54) is 0 Å². The van der Waals surface area contributed by atoms with E-state index >= 15 is 0 Å². The summed E-state index contributed by atoms with van der Waals surface area (Å²) in [5, 5.41) is 2.74. The molecule has 2 aromatic rings. The molecule has 0 aromatic heterocycles. The average Bonchev–Trinajstić information content (AvgIpc) is 2.47. The number of nitrogens with two attached hydrogens (primary N) is 1. The number of rotatable bonds is 5. The summed E-state index contributed by atoms with van der Waals surface area (Å²) in [6.07, 6.45) is 0. The molecule has 2 aromatic carbocycles. The van der Waals surface area contributed by atoms with E-state index in [9.17, 15) is 9.59 Å². The second-order valence-corrected chi connectivity index (χ2v) is 4.45. The molecule has 4 nitrogen and oxygen atoms in total. The topological polar surface area (TPSA) is 72.2 Å². The van der Waals surface area contributed by atoms with Crippen LogP contribution in [-0.4, -0.2) is 11.8 Å². The van der Waals surface area contributed by atoms with E-state index in [2.05, 4.69) is 5.32 Å². The number of primary amides is 1. The Morgan fingerprint density at radius 1 is 0.950 bits per heavy atom. The number of hydrogen-bond acceptors (Lipinski definition) is 2. The Morgan fingerprint density at radius 3 is 2.05 bits per heavy atom. The van der Waals surface area contributed by atoms with E-state index in [0.29, 0.717) is 12.1 Å². The van der Waals surface area contributed by atoms with Crippen LogP contribution in [0.3, 0.4) is 0 Å². The fraction of sp³-hybridized carbons (Fsp3) is 0.125. The summed E-state index contributed by atoms with van der Waals surface area (Å²) in [7, 11) is 0. The zero-order valence-corrected chi connectivity index (χ0v) is 11.0. The maximum Gasteiger partial charge on any atom is 0.237 e. The summed E-state index contributed by atoms with van der Waals surface area (Å²) in [4.78, 5) is 23.7. The van der Waals surface area contributed by atoms with Gasteiger partial charge in [-0.3, -0.25) is 9.59 Å². The minimum atomic E-state index is -0.958. The molecule has 102 valence electrons. The number of amides is 2. The van der Waals surface area contributed by atoms with Crippen LogP contribution in [0.25, 0.3) is 0 Å². The lowest BCUT2D eigenvalue weighted by atomic mass is 9.97. The van der Waals surface area contributed by atoms with Crippen LogP contribution in [0.4, 0.5) is 0 Å². The lowest BCUT2D eigenvalue weighted by Crippen LogP contribution is -2.36. The molecule has 0 bridgehead atoms. The first-order valence-electron chi connectivity index (χ1n) is 6.34. The van der Waals surface area contributed by atoms with Crippen LogP contribution in [0, 0.1) is 0 Å². The number of benzene rings is 2. The molecule has 0 saturated carbocycles. The fourth-order valence-corrected chi connectivity index (χ4v) is 1.98. The highest BCUT2D eigenvalue weighted by Crippen LogP contribution is 2.15. The summed E-state index contributed by atoms with van der Waals surface area (Å²) in [6.45, 7) is 0.371. The monoisotopic (exact) mass is 268 g/mol. The van der Waals surface area contributed by atoms with E-state index in [4.69, 9.17) is 5.73 Å². The standard InChI is InChI=1S/C16H16N2O2/c17-15(19)14(13-9-5-2-6-10-13)16(20)18-11-12-7-3-1-4-8-12/h1-10,14H,11H2,(H2,17,19)(H,18,20). The maximum absolute atomic E-state index is 12.1. The third-order valence-corrected chi connectivity index (χ3v) is 2.99. The molecule has 0 aliphatic carbocycles. The Bertz CT molecular complexity index is 582. The van der Waals surface area contributed by atoms with Crippen molar-refractivity contribution in [1.29, 1.82) is 0 Å². The Labute approximate surface area is 117 Å². The Hall–Kier alpha value is -2.62. The molecule has 3 N–H and O–H groups in total. The van der Waals surface area contributed by atoms with Crippen LogP contribution in [0.2, 0.25) is 0 Å². The minimum Gasteiger partial charge on any atom is -0.369 e. The van der Waals surface area contributed by atoms with Crippen molar-refractivity contribution >= 4 is 11.8 Å². The Kier molecular flexibility index (Phi) is 4.50. The second-order valence-electron chi connectivity index (χ2n) is 4.45. The summed E-state index contributed by atoms with van der Waals surface area (Å²) in [6, 6.07) is 18.3. The van der Waals surface area contributed by atoms with Crippen molar-refractivity contribution in [3.63, 3.8) is 0 Å². The molecule has 1 atom stereocenters. The highest BCUT2D eigenvalue weighted by Gasteiger charge is 2.25. The van der Waals surface area contributed by atoms with Gasteiger partial charge in [0.25, 0.3) is 0 Å². The third kappa shape index (κ3) is 3.45. The van der Waals surface area contributed by atoms with Gasteiger partial charge < -0.3 is 11.1 Å². The normalized spacial score (nSPS) is 11.6. The molecule has 20 heavy (non-hydrogen) atoms. The number of nitrogens with one attached hydrogen (secondary N) is 1. The fourth-order valence-electron chi connectivity index (χ4n) is 1.98. The van der Waals surface area contributed by atoms with Crippen LogP contribution in [-0.2, 0) is 16.1 Å². The highest BCUT2D eigenvalue weighted by atomic mass is 16.2. The van der Waals surface area contributed by atoms with Crippen LogP contribution in [0.5, 0.6) is 0 Å². The van der Waals surface area contributed by atoms with Gasteiger partial charge in [-0.1, -0.05) is 60.7 Å². The van der Waals surface area contributed by atoms with Gasteiger partial charge in [-0.2, -0.15) is 0 Å². The van der Waals surface area contributed by atoms with E-state index in [1.807, 2.05) is 36.4 Å². The minimum absolute atomic E-state index is 0.371. The number of carbonyl (C=O) groups excluding carboxylic acids is 2. The van der Waals surface area contributed by atoms with Crippen molar-refractivity contribution in [3.8, 4) is 0 Å². The van der Waals surface area contributed by atoms with Crippen molar-refractivity contribution in [2.75, 3.05) is 0 Å². The van der Waals surface area contributed by atoms with Gasteiger partial charge in [0.05, 0.1) is 0 Å². The van der Waals surface area contributed by atoms with E-state index in [-0.39, 0.29) is 5.91 Å². The van der Waals surface area contributed by atoms with Gasteiger partial charge in [-0.15, -0.1) is 0 Å². The van der Waals surface area contributed by atoms with E-state index in [1.54, 1.807) is 24.3 Å². The van der Waals surface area contributed by atoms with Gasteiger partial charge in [0.1, 0.15) is 5.92 Å². The first-order valence-corrected chi connectivity index (χ1v) is 6.34. The lowest BCUT2D eigenvalue weighted by Gasteiger charge is -2.14. The Balaban J connectivity index is 2.07. The summed E-state index contributed by atoms with van der Waals surface area (Å²) in [5.74, 6) is -1.99. The summed E-state index contributed by atoms with van der Waals surface area (Å²) in [5.41, 5.74) is 6.91. The van der Waals surface area contributed by atoms with E-state index < -0.39 is 11.8 Å². The van der Waals surface area contributed by atoms with Crippen molar-refractivity contribution in [1.82, 2.24) is 5.32 Å². The molecule has 2 amide bonds. The molecule has 0 saturated heterocycles.